The van der Waals surface area contributed by atoms with Crippen molar-refractivity contribution in [3.8, 4) is 0 Å². The van der Waals surface area contributed by atoms with Crippen LogP contribution in [0.1, 0.15) is 25.3 Å². The zero-order valence-electron chi connectivity index (χ0n) is 11.0. The highest BCUT2D eigenvalue weighted by atomic mass is 16.5. The normalized spacial score (nSPS) is 11.3. The van der Waals surface area contributed by atoms with Crippen LogP contribution in [0.4, 0.5) is 0 Å². The molecule has 1 aromatic heterocycles. The lowest BCUT2D eigenvalue weighted by Gasteiger charge is -2.18. The van der Waals surface area contributed by atoms with Gasteiger partial charge in [-0.25, -0.2) is 0 Å². The minimum Gasteiger partial charge on any atom is -0.380 e. The molecule has 0 aliphatic heterocycles. The number of likely N-dealkylation sites (N-methyl/N-ethyl adjacent to an activating group) is 1. The van der Waals surface area contributed by atoms with Crippen molar-refractivity contribution in [1.29, 1.82) is 0 Å². The molecule has 1 aromatic rings. The molecule has 1 rings (SSSR count). The van der Waals surface area contributed by atoms with Crippen molar-refractivity contribution in [3.05, 3.63) is 17.5 Å². The number of ether oxygens (including phenoxy) is 1. The molecule has 0 aliphatic carbocycles. The van der Waals surface area contributed by atoms with E-state index in [1.165, 1.54) is 0 Å². The molecule has 0 amide bonds. The summed E-state index contributed by atoms with van der Waals surface area (Å²) in [4.78, 5) is 2.28. The third kappa shape index (κ3) is 5.30. The van der Waals surface area contributed by atoms with Gasteiger partial charge in [0.15, 0.2) is 5.76 Å². The first-order chi connectivity index (χ1) is 8.30. The molecule has 1 heterocycles. The Labute approximate surface area is 103 Å². The molecule has 98 valence electrons. The van der Waals surface area contributed by atoms with Gasteiger partial charge in [-0.3, -0.25) is 4.90 Å². The summed E-state index contributed by atoms with van der Waals surface area (Å²) in [5.41, 5.74) is 0.948. The fourth-order valence-corrected chi connectivity index (χ4v) is 1.60. The van der Waals surface area contributed by atoms with Crippen LogP contribution in [0.3, 0.4) is 0 Å². The highest BCUT2D eigenvalue weighted by Gasteiger charge is 2.08. The molecule has 0 aromatic carbocycles. The Hall–Kier alpha value is -0.910. The highest BCUT2D eigenvalue weighted by Crippen LogP contribution is 2.07. The second-order valence-corrected chi connectivity index (χ2v) is 3.88. The van der Waals surface area contributed by atoms with E-state index in [4.69, 9.17) is 9.26 Å². The van der Waals surface area contributed by atoms with E-state index < -0.39 is 0 Å². The van der Waals surface area contributed by atoms with Gasteiger partial charge in [0.1, 0.15) is 0 Å². The predicted molar refractivity (Wildman–Crippen MR) is 66.7 cm³/mol. The third-order valence-electron chi connectivity index (χ3n) is 2.55. The summed E-state index contributed by atoms with van der Waals surface area (Å²) < 4.78 is 10.6. The van der Waals surface area contributed by atoms with Gasteiger partial charge in [-0.2, -0.15) is 0 Å². The quantitative estimate of drug-likeness (QED) is 0.659. The van der Waals surface area contributed by atoms with E-state index in [1.807, 2.05) is 20.0 Å². The van der Waals surface area contributed by atoms with E-state index in [-0.39, 0.29) is 0 Å². The topological polar surface area (TPSA) is 50.5 Å². The van der Waals surface area contributed by atoms with Gasteiger partial charge in [-0.05, 0) is 20.5 Å². The van der Waals surface area contributed by atoms with Gasteiger partial charge in [0.05, 0.1) is 18.8 Å². The Kier molecular flexibility index (Phi) is 6.84. The molecule has 17 heavy (non-hydrogen) atoms. The Morgan fingerprint density at radius 2 is 2.29 bits per heavy atom. The van der Waals surface area contributed by atoms with Crippen LogP contribution in [-0.4, -0.2) is 43.4 Å². The fourth-order valence-electron chi connectivity index (χ4n) is 1.60. The lowest BCUT2D eigenvalue weighted by molar-refractivity contribution is 0.109. The van der Waals surface area contributed by atoms with Crippen LogP contribution in [0, 0.1) is 0 Å². The van der Waals surface area contributed by atoms with E-state index in [2.05, 4.69) is 22.3 Å². The number of aromatic nitrogens is 1. The van der Waals surface area contributed by atoms with E-state index in [9.17, 15) is 0 Å². The standard InChI is InChI=1S/C12H23N3O2/c1-4-15(6-7-16-5-2)10-12-8-11(9-13-3)14-17-12/h8,13H,4-7,9-10H2,1-3H3. The lowest BCUT2D eigenvalue weighted by Crippen LogP contribution is -2.26. The molecule has 0 atom stereocenters. The van der Waals surface area contributed by atoms with Gasteiger partial charge in [0.2, 0.25) is 0 Å². The van der Waals surface area contributed by atoms with Gasteiger partial charge < -0.3 is 14.6 Å². The van der Waals surface area contributed by atoms with Crippen molar-refractivity contribution in [3.63, 3.8) is 0 Å². The summed E-state index contributed by atoms with van der Waals surface area (Å²) in [7, 11) is 1.90. The Balaban J connectivity index is 2.37. The van der Waals surface area contributed by atoms with Crippen LogP contribution in [0.25, 0.3) is 0 Å². The molecule has 0 saturated carbocycles. The van der Waals surface area contributed by atoms with Gasteiger partial charge in [0.25, 0.3) is 0 Å². The summed E-state index contributed by atoms with van der Waals surface area (Å²) >= 11 is 0. The van der Waals surface area contributed by atoms with Crippen LogP contribution < -0.4 is 5.32 Å². The molecule has 5 heteroatoms. The zero-order chi connectivity index (χ0) is 12.5. The van der Waals surface area contributed by atoms with Crippen molar-refractivity contribution in [1.82, 2.24) is 15.4 Å². The Morgan fingerprint density at radius 1 is 1.47 bits per heavy atom. The van der Waals surface area contributed by atoms with Crippen molar-refractivity contribution in [2.45, 2.75) is 26.9 Å². The number of hydrogen-bond donors (Lipinski definition) is 1. The summed E-state index contributed by atoms with van der Waals surface area (Å²) in [6.07, 6.45) is 0. The van der Waals surface area contributed by atoms with E-state index in [0.29, 0.717) is 0 Å². The number of nitrogens with one attached hydrogen (secondary N) is 1. The molecule has 0 bridgehead atoms. The van der Waals surface area contributed by atoms with E-state index >= 15 is 0 Å². The Bertz CT molecular complexity index is 302. The van der Waals surface area contributed by atoms with Gasteiger partial charge >= 0.3 is 0 Å². The molecule has 0 spiro atoms. The molecule has 0 aliphatic rings. The SMILES string of the molecule is CCOCCN(CC)Cc1cc(CNC)no1. The minimum atomic E-state index is 0.745. The van der Waals surface area contributed by atoms with Gasteiger partial charge in [-0.15, -0.1) is 0 Å². The van der Waals surface area contributed by atoms with Gasteiger partial charge in [0, 0.05) is 25.8 Å². The zero-order valence-corrected chi connectivity index (χ0v) is 11.0. The average molecular weight is 241 g/mol. The molecule has 5 nitrogen and oxygen atoms in total. The van der Waals surface area contributed by atoms with Crippen LogP contribution in [-0.2, 0) is 17.8 Å². The second-order valence-electron chi connectivity index (χ2n) is 3.88. The summed E-state index contributed by atoms with van der Waals surface area (Å²) in [6.45, 7) is 9.12. The first-order valence-corrected chi connectivity index (χ1v) is 6.19. The second kappa shape index (κ2) is 8.22. The smallest absolute Gasteiger partial charge is 0.151 e. The summed E-state index contributed by atoms with van der Waals surface area (Å²) in [6, 6.07) is 2.00. The van der Waals surface area contributed by atoms with Crippen LogP contribution >= 0.6 is 0 Å². The largest absolute Gasteiger partial charge is 0.380 e. The number of nitrogens with zero attached hydrogens (tertiary/aromatic N) is 2. The maximum atomic E-state index is 5.35. The van der Waals surface area contributed by atoms with E-state index in [1.54, 1.807) is 0 Å². The maximum Gasteiger partial charge on any atom is 0.151 e. The Morgan fingerprint density at radius 3 is 2.94 bits per heavy atom. The molecule has 0 fully saturated rings. The molecule has 0 radical (unpaired) electrons. The van der Waals surface area contributed by atoms with Crippen LogP contribution in [0.5, 0.6) is 0 Å². The first kappa shape index (κ1) is 14.2. The average Bonchev–Trinajstić information content (AvgIpc) is 2.76. The summed E-state index contributed by atoms with van der Waals surface area (Å²) in [5.74, 6) is 0.911. The van der Waals surface area contributed by atoms with Gasteiger partial charge in [-0.1, -0.05) is 12.1 Å². The molecule has 1 N–H and O–H groups in total. The summed E-state index contributed by atoms with van der Waals surface area (Å²) in [5, 5.41) is 7.04. The van der Waals surface area contributed by atoms with Crippen molar-refractivity contribution in [2.75, 3.05) is 33.4 Å². The first-order valence-electron chi connectivity index (χ1n) is 6.19. The van der Waals surface area contributed by atoms with E-state index in [0.717, 1.165) is 50.8 Å². The third-order valence-corrected chi connectivity index (χ3v) is 2.55. The molecule has 0 saturated heterocycles. The number of rotatable bonds is 9. The minimum absolute atomic E-state index is 0.745. The monoisotopic (exact) mass is 241 g/mol. The molecular weight excluding hydrogens is 218 g/mol. The van der Waals surface area contributed by atoms with Crippen molar-refractivity contribution in [2.24, 2.45) is 0 Å². The fraction of sp³-hybridized carbons (Fsp3) is 0.750. The van der Waals surface area contributed by atoms with Crippen molar-refractivity contribution >= 4 is 0 Å². The molecule has 0 unspecified atom stereocenters. The van der Waals surface area contributed by atoms with Crippen LogP contribution in [0.15, 0.2) is 10.6 Å². The molecular formula is C12H23N3O2. The number of hydrogen-bond acceptors (Lipinski definition) is 5. The maximum absolute atomic E-state index is 5.35. The highest BCUT2D eigenvalue weighted by molar-refractivity contribution is 5.04. The van der Waals surface area contributed by atoms with Crippen LogP contribution in [0.2, 0.25) is 0 Å². The lowest BCUT2D eigenvalue weighted by atomic mass is 10.3. The van der Waals surface area contributed by atoms with Crippen molar-refractivity contribution < 1.29 is 9.26 Å². The predicted octanol–water partition coefficient (Wildman–Crippen LogP) is 1.25.